The summed E-state index contributed by atoms with van der Waals surface area (Å²) in [5, 5.41) is 19.6. The van der Waals surface area contributed by atoms with Crippen molar-refractivity contribution >= 4 is 40.8 Å². The average Bonchev–Trinajstić information content (AvgIpc) is 3.28. The number of amides is 2. The highest BCUT2D eigenvalue weighted by Gasteiger charge is 2.30. The lowest BCUT2D eigenvalue weighted by Crippen LogP contribution is -2.46. The summed E-state index contributed by atoms with van der Waals surface area (Å²) in [6.07, 6.45) is 1.94. The summed E-state index contributed by atoms with van der Waals surface area (Å²) in [5.41, 5.74) is 0.899. The highest BCUT2D eigenvalue weighted by molar-refractivity contribution is 6.38. The van der Waals surface area contributed by atoms with Gasteiger partial charge in [-0.2, -0.15) is 5.10 Å². The third kappa shape index (κ3) is 5.20. The molecule has 0 bridgehead atoms. The molecule has 1 aliphatic carbocycles. The van der Waals surface area contributed by atoms with Gasteiger partial charge in [-0.25, -0.2) is 9.07 Å². The molecular weight excluding hydrogens is 520 g/mol. The minimum atomic E-state index is -0.620. The van der Waals surface area contributed by atoms with Gasteiger partial charge in [-0.3, -0.25) is 14.6 Å². The van der Waals surface area contributed by atoms with Crippen LogP contribution in [0.1, 0.15) is 33.7 Å². The summed E-state index contributed by atoms with van der Waals surface area (Å²) < 4.78 is 15.8. The van der Waals surface area contributed by atoms with E-state index in [1.54, 1.807) is 24.3 Å². The molecule has 8 nitrogen and oxygen atoms in total. The SMILES string of the molecule is O=C(NC1CC(O)C1)c1cc(NC(=O)c2cc(-c3ncccc3F)c(Cl)cc2Cl)n(-c2ccccc2)n1. The van der Waals surface area contributed by atoms with Crippen LogP contribution in [0.2, 0.25) is 10.0 Å². The molecule has 0 atom stereocenters. The second-order valence-corrected chi connectivity index (χ2v) is 9.37. The number of nitrogens with zero attached hydrogens (tertiary/aromatic N) is 3. The maximum atomic E-state index is 14.4. The molecule has 3 N–H and O–H groups in total. The number of benzene rings is 2. The summed E-state index contributed by atoms with van der Waals surface area (Å²) in [6, 6.07) is 15.7. The summed E-state index contributed by atoms with van der Waals surface area (Å²) in [4.78, 5) is 30.1. The van der Waals surface area contributed by atoms with Gasteiger partial charge in [-0.15, -0.1) is 0 Å². The van der Waals surface area contributed by atoms with E-state index < -0.39 is 23.7 Å². The molecule has 0 aliphatic heterocycles. The molecule has 11 heteroatoms. The standard InChI is InChI=1S/C26H20Cl2FN5O3/c27-19-12-20(28)18(11-17(19)24-21(29)7-4-8-30-24)25(36)32-23-13-22(26(37)31-14-9-16(35)10-14)33-34(23)15-5-2-1-3-6-15/h1-8,11-14,16,35H,9-10H2,(H,31,37)(H,32,36). The Bertz CT molecular complexity index is 1490. The molecule has 188 valence electrons. The Morgan fingerprint density at radius 1 is 1.00 bits per heavy atom. The van der Waals surface area contributed by atoms with Crippen LogP contribution in [0.15, 0.2) is 66.9 Å². The highest BCUT2D eigenvalue weighted by atomic mass is 35.5. The zero-order valence-electron chi connectivity index (χ0n) is 19.2. The average molecular weight is 540 g/mol. The minimum Gasteiger partial charge on any atom is -0.393 e. The Hall–Kier alpha value is -3.79. The van der Waals surface area contributed by atoms with Gasteiger partial charge in [0.1, 0.15) is 17.3 Å². The normalized spacial score (nSPS) is 16.6. The van der Waals surface area contributed by atoms with Crippen molar-refractivity contribution in [1.82, 2.24) is 20.1 Å². The predicted octanol–water partition coefficient (Wildman–Crippen LogP) is 4.89. The summed E-state index contributed by atoms with van der Waals surface area (Å²) >= 11 is 12.6. The maximum Gasteiger partial charge on any atom is 0.272 e. The molecule has 1 fully saturated rings. The van der Waals surface area contributed by atoms with Gasteiger partial charge in [0, 0.05) is 23.9 Å². The lowest BCUT2D eigenvalue weighted by Gasteiger charge is -2.31. The second kappa shape index (κ2) is 10.3. The van der Waals surface area contributed by atoms with Gasteiger partial charge < -0.3 is 15.7 Å². The maximum absolute atomic E-state index is 14.4. The van der Waals surface area contributed by atoms with Crippen LogP contribution in [0.3, 0.4) is 0 Å². The van der Waals surface area contributed by atoms with Crippen LogP contribution in [0.4, 0.5) is 10.2 Å². The smallest absolute Gasteiger partial charge is 0.272 e. The van der Waals surface area contributed by atoms with E-state index in [2.05, 4.69) is 20.7 Å². The number of para-hydroxylation sites is 1. The number of nitrogens with one attached hydrogen (secondary N) is 2. The predicted molar refractivity (Wildman–Crippen MR) is 138 cm³/mol. The van der Waals surface area contributed by atoms with Crippen molar-refractivity contribution in [2.24, 2.45) is 0 Å². The number of aliphatic hydroxyl groups excluding tert-OH is 1. The zero-order valence-corrected chi connectivity index (χ0v) is 20.7. The van der Waals surface area contributed by atoms with Crippen LogP contribution >= 0.6 is 23.2 Å². The first-order valence-corrected chi connectivity index (χ1v) is 12.1. The minimum absolute atomic E-state index is 0.0207. The molecule has 5 rings (SSSR count). The van der Waals surface area contributed by atoms with E-state index in [0.29, 0.717) is 18.5 Å². The number of hydrogen-bond acceptors (Lipinski definition) is 5. The number of aliphatic hydroxyl groups is 1. The van der Waals surface area contributed by atoms with E-state index in [1.165, 1.54) is 41.2 Å². The van der Waals surface area contributed by atoms with Crippen molar-refractivity contribution in [3.8, 4) is 16.9 Å². The van der Waals surface area contributed by atoms with Crippen LogP contribution < -0.4 is 10.6 Å². The molecule has 2 aromatic heterocycles. The van der Waals surface area contributed by atoms with Gasteiger partial charge in [0.05, 0.1) is 27.4 Å². The fourth-order valence-corrected chi connectivity index (χ4v) is 4.54. The van der Waals surface area contributed by atoms with E-state index in [9.17, 15) is 19.1 Å². The quantitative estimate of drug-likeness (QED) is 0.323. The Kier molecular flexibility index (Phi) is 6.92. The Balaban J connectivity index is 1.48. The molecule has 37 heavy (non-hydrogen) atoms. The lowest BCUT2D eigenvalue weighted by atomic mass is 9.89. The summed E-state index contributed by atoms with van der Waals surface area (Å²) in [6.45, 7) is 0. The van der Waals surface area contributed by atoms with E-state index >= 15 is 0 Å². The number of carbonyl (C=O) groups excluding carboxylic acids is 2. The molecule has 0 radical (unpaired) electrons. The Labute approximate surface area is 221 Å². The number of hydrogen-bond donors (Lipinski definition) is 3. The topological polar surface area (TPSA) is 109 Å². The third-order valence-electron chi connectivity index (χ3n) is 5.95. The van der Waals surface area contributed by atoms with Gasteiger partial charge in [0.25, 0.3) is 11.8 Å². The van der Waals surface area contributed by atoms with E-state index in [-0.39, 0.29) is 44.4 Å². The van der Waals surface area contributed by atoms with Crippen molar-refractivity contribution in [3.63, 3.8) is 0 Å². The van der Waals surface area contributed by atoms with Crippen molar-refractivity contribution < 1.29 is 19.1 Å². The highest BCUT2D eigenvalue weighted by Crippen LogP contribution is 2.33. The van der Waals surface area contributed by atoms with Crippen LogP contribution in [0, 0.1) is 5.82 Å². The molecule has 2 heterocycles. The fraction of sp³-hybridized carbons (Fsp3) is 0.154. The van der Waals surface area contributed by atoms with Crippen molar-refractivity contribution in [3.05, 3.63) is 94.0 Å². The van der Waals surface area contributed by atoms with Crippen molar-refractivity contribution in [1.29, 1.82) is 0 Å². The number of pyridine rings is 1. The first-order chi connectivity index (χ1) is 17.8. The van der Waals surface area contributed by atoms with Gasteiger partial charge >= 0.3 is 0 Å². The van der Waals surface area contributed by atoms with Crippen LogP contribution in [0.5, 0.6) is 0 Å². The van der Waals surface area contributed by atoms with Crippen LogP contribution in [-0.2, 0) is 0 Å². The van der Waals surface area contributed by atoms with E-state index in [4.69, 9.17) is 23.2 Å². The molecule has 0 spiro atoms. The van der Waals surface area contributed by atoms with Gasteiger partial charge in [0.2, 0.25) is 0 Å². The summed E-state index contributed by atoms with van der Waals surface area (Å²) in [7, 11) is 0. The molecule has 4 aromatic rings. The molecule has 0 unspecified atom stereocenters. The number of carbonyl (C=O) groups is 2. The number of anilines is 1. The first kappa shape index (κ1) is 24.9. The van der Waals surface area contributed by atoms with E-state index in [1.807, 2.05) is 6.07 Å². The van der Waals surface area contributed by atoms with Gasteiger partial charge in [-0.05, 0) is 49.2 Å². The molecule has 1 saturated carbocycles. The third-order valence-corrected chi connectivity index (χ3v) is 6.57. The van der Waals surface area contributed by atoms with Gasteiger partial charge in [0.15, 0.2) is 5.69 Å². The molecule has 2 aromatic carbocycles. The number of halogens is 3. The monoisotopic (exact) mass is 539 g/mol. The summed E-state index contributed by atoms with van der Waals surface area (Å²) in [5.74, 6) is -1.44. The van der Waals surface area contributed by atoms with Crippen molar-refractivity contribution in [2.75, 3.05) is 5.32 Å². The zero-order chi connectivity index (χ0) is 26.1. The Morgan fingerprint density at radius 2 is 1.76 bits per heavy atom. The van der Waals surface area contributed by atoms with Crippen molar-refractivity contribution in [2.45, 2.75) is 25.0 Å². The lowest BCUT2D eigenvalue weighted by molar-refractivity contribution is 0.0560. The number of rotatable bonds is 6. The van der Waals surface area contributed by atoms with Gasteiger partial charge in [-0.1, -0.05) is 41.4 Å². The molecule has 0 saturated heterocycles. The molecule has 2 amide bonds. The van der Waals surface area contributed by atoms with E-state index in [0.717, 1.165) is 0 Å². The Morgan fingerprint density at radius 3 is 2.46 bits per heavy atom. The van der Waals surface area contributed by atoms with Crippen LogP contribution in [-0.4, -0.2) is 43.8 Å². The van der Waals surface area contributed by atoms with Crippen LogP contribution in [0.25, 0.3) is 16.9 Å². The number of aromatic nitrogens is 3. The molecule has 1 aliphatic rings. The fourth-order valence-electron chi connectivity index (χ4n) is 3.98. The second-order valence-electron chi connectivity index (χ2n) is 8.56. The first-order valence-electron chi connectivity index (χ1n) is 11.4. The molecular formula is C26H20Cl2FN5O3. The largest absolute Gasteiger partial charge is 0.393 e.